The van der Waals surface area contributed by atoms with Gasteiger partial charge in [-0.2, -0.15) is 0 Å². The molecule has 0 aliphatic heterocycles. The van der Waals surface area contributed by atoms with Gasteiger partial charge in [-0.3, -0.25) is 9.78 Å². The first kappa shape index (κ1) is 14.0. The summed E-state index contributed by atoms with van der Waals surface area (Å²) >= 11 is 0. The van der Waals surface area contributed by atoms with Gasteiger partial charge in [-0.1, -0.05) is 6.07 Å². The van der Waals surface area contributed by atoms with E-state index in [1.165, 1.54) is 17.0 Å². The number of benzene rings is 1. The van der Waals surface area contributed by atoms with Crippen LogP contribution >= 0.6 is 0 Å². The quantitative estimate of drug-likeness (QED) is 0.931. The first-order valence-electron chi connectivity index (χ1n) is 6.36. The largest absolute Gasteiger partial charge is 0.386 e. The lowest BCUT2D eigenvalue weighted by Crippen LogP contribution is -2.31. The van der Waals surface area contributed by atoms with Gasteiger partial charge in [-0.15, -0.1) is 0 Å². The van der Waals surface area contributed by atoms with Crippen molar-refractivity contribution in [2.24, 2.45) is 0 Å². The maximum Gasteiger partial charge on any atom is 0.260 e. The van der Waals surface area contributed by atoms with Crippen LogP contribution in [0, 0.1) is 5.82 Å². The van der Waals surface area contributed by atoms with Crippen molar-refractivity contribution in [1.82, 2.24) is 4.98 Å². The molecule has 0 atom stereocenters. The fourth-order valence-electron chi connectivity index (χ4n) is 2.01. The molecule has 0 aliphatic rings. The first-order chi connectivity index (χ1) is 9.67. The summed E-state index contributed by atoms with van der Waals surface area (Å²) < 4.78 is 13.3. The molecule has 0 aliphatic carbocycles. The summed E-state index contributed by atoms with van der Waals surface area (Å²) in [5.41, 5.74) is 1.69. The number of carbonyl (C=O) groups is 1. The van der Waals surface area contributed by atoms with Crippen LogP contribution in [-0.4, -0.2) is 24.5 Å². The van der Waals surface area contributed by atoms with Crippen LogP contribution in [-0.2, 0) is 0 Å². The predicted molar refractivity (Wildman–Crippen MR) is 77.5 cm³/mol. The van der Waals surface area contributed by atoms with E-state index in [1.54, 1.807) is 37.6 Å². The molecule has 0 radical (unpaired) electrons. The fraction of sp³-hybridized carbons (Fsp3) is 0.200. The number of hydrogen-bond donors (Lipinski definition) is 1. The standard InChI is InChI=1S/C15H16FN3O/c1-3-19(12-6-4-5-11(16)9-12)15(20)13-7-8-18-10-14(13)17-2/h4-10,17H,3H2,1-2H3. The molecule has 1 amide bonds. The molecule has 2 rings (SSSR count). The third-order valence-electron chi connectivity index (χ3n) is 3.00. The van der Waals surface area contributed by atoms with Crippen LogP contribution in [0.1, 0.15) is 17.3 Å². The van der Waals surface area contributed by atoms with Crippen LogP contribution in [0.5, 0.6) is 0 Å². The first-order valence-corrected chi connectivity index (χ1v) is 6.36. The summed E-state index contributed by atoms with van der Waals surface area (Å²) in [5.74, 6) is -0.554. The Bertz CT molecular complexity index is 616. The molecule has 4 nitrogen and oxygen atoms in total. The lowest BCUT2D eigenvalue weighted by Gasteiger charge is -2.22. The van der Waals surface area contributed by atoms with Crippen molar-refractivity contribution in [2.45, 2.75) is 6.92 Å². The lowest BCUT2D eigenvalue weighted by molar-refractivity contribution is 0.0989. The van der Waals surface area contributed by atoms with Crippen LogP contribution in [0.25, 0.3) is 0 Å². The minimum Gasteiger partial charge on any atom is -0.386 e. The van der Waals surface area contributed by atoms with Gasteiger partial charge in [0.15, 0.2) is 0 Å². The minimum atomic E-state index is -0.364. The van der Waals surface area contributed by atoms with Gasteiger partial charge in [0, 0.05) is 25.5 Å². The molecule has 1 aromatic carbocycles. The van der Waals surface area contributed by atoms with E-state index in [-0.39, 0.29) is 11.7 Å². The third kappa shape index (κ3) is 2.77. The van der Waals surface area contributed by atoms with Gasteiger partial charge >= 0.3 is 0 Å². The molecule has 2 aromatic rings. The Hall–Kier alpha value is -2.43. The van der Waals surface area contributed by atoms with Gasteiger partial charge in [0.2, 0.25) is 0 Å². The van der Waals surface area contributed by atoms with Crippen LogP contribution < -0.4 is 10.2 Å². The molecule has 104 valence electrons. The fourth-order valence-corrected chi connectivity index (χ4v) is 2.01. The van der Waals surface area contributed by atoms with E-state index in [9.17, 15) is 9.18 Å². The Morgan fingerprint density at radius 2 is 2.20 bits per heavy atom. The highest BCUT2D eigenvalue weighted by Gasteiger charge is 2.19. The van der Waals surface area contributed by atoms with E-state index in [1.807, 2.05) is 6.92 Å². The molecule has 1 N–H and O–H groups in total. The zero-order chi connectivity index (χ0) is 14.5. The molecule has 1 heterocycles. The highest BCUT2D eigenvalue weighted by Crippen LogP contribution is 2.21. The van der Waals surface area contributed by atoms with Gasteiger partial charge in [0.25, 0.3) is 5.91 Å². The number of amides is 1. The zero-order valence-electron chi connectivity index (χ0n) is 11.4. The number of halogens is 1. The molecule has 0 saturated carbocycles. The van der Waals surface area contributed by atoms with Gasteiger partial charge in [-0.25, -0.2) is 4.39 Å². The molecule has 0 spiro atoms. The number of hydrogen-bond acceptors (Lipinski definition) is 3. The minimum absolute atomic E-state index is 0.190. The van der Waals surface area contributed by atoms with Gasteiger partial charge < -0.3 is 10.2 Å². The second-order valence-corrected chi connectivity index (χ2v) is 4.20. The maximum absolute atomic E-state index is 13.3. The molecule has 5 heteroatoms. The number of rotatable bonds is 4. The maximum atomic E-state index is 13.3. The average molecular weight is 273 g/mol. The average Bonchev–Trinajstić information content (AvgIpc) is 2.48. The third-order valence-corrected chi connectivity index (χ3v) is 3.00. The van der Waals surface area contributed by atoms with E-state index in [0.29, 0.717) is 23.5 Å². The van der Waals surface area contributed by atoms with Crippen LogP contribution in [0.15, 0.2) is 42.7 Å². The highest BCUT2D eigenvalue weighted by molar-refractivity contribution is 6.09. The van der Waals surface area contributed by atoms with Crippen molar-refractivity contribution in [2.75, 3.05) is 23.8 Å². The monoisotopic (exact) mass is 273 g/mol. The van der Waals surface area contributed by atoms with Crippen molar-refractivity contribution in [3.8, 4) is 0 Å². The lowest BCUT2D eigenvalue weighted by atomic mass is 10.1. The van der Waals surface area contributed by atoms with E-state index in [4.69, 9.17) is 0 Å². The molecule has 0 saturated heterocycles. The summed E-state index contributed by atoms with van der Waals surface area (Å²) in [6.07, 6.45) is 3.15. The van der Waals surface area contributed by atoms with Crippen molar-refractivity contribution in [3.63, 3.8) is 0 Å². The number of carbonyl (C=O) groups excluding carboxylic acids is 1. The normalized spacial score (nSPS) is 10.2. The Labute approximate surface area is 117 Å². The summed E-state index contributed by atoms with van der Waals surface area (Å²) in [6.45, 7) is 2.30. The van der Waals surface area contributed by atoms with Crippen LogP contribution in [0.2, 0.25) is 0 Å². The molecular formula is C15H16FN3O. The van der Waals surface area contributed by atoms with Crippen molar-refractivity contribution in [3.05, 3.63) is 54.1 Å². The van der Waals surface area contributed by atoms with E-state index in [0.717, 1.165) is 0 Å². The van der Waals surface area contributed by atoms with Crippen molar-refractivity contribution >= 4 is 17.3 Å². The van der Waals surface area contributed by atoms with E-state index >= 15 is 0 Å². The predicted octanol–water partition coefficient (Wildman–Crippen LogP) is 2.93. The molecule has 20 heavy (non-hydrogen) atoms. The molecule has 0 unspecified atom stereocenters. The second kappa shape index (κ2) is 6.14. The summed E-state index contributed by atoms with van der Waals surface area (Å²) in [4.78, 5) is 18.1. The topological polar surface area (TPSA) is 45.2 Å². The van der Waals surface area contributed by atoms with Crippen molar-refractivity contribution < 1.29 is 9.18 Å². The Morgan fingerprint density at radius 1 is 1.40 bits per heavy atom. The smallest absolute Gasteiger partial charge is 0.260 e. The molecule has 1 aromatic heterocycles. The molecule has 0 bridgehead atoms. The SMILES string of the molecule is CCN(C(=O)c1ccncc1NC)c1cccc(F)c1. The molecule has 0 fully saturated rings. The van der Waals surface area contributed by atoms with Crippen molar-refractivity contribution in [1.29, 1.82) is 0 Å². The number of nitrogens with zero attached hydrogens (tertiary/aromatic N) is 2. The van der Waals surface area contributed by atoms with Gasteiger partial charge in [0.05, 0.1) is 17.4 Å². The number of aromatic nitrogens is 1. The Morgan fingerprint density at radius 3 is 2.85 bits per heavy atom. The second-order valence-electron chi connectivity index (χ2n) is 4.20. The number of anilines is 2. The highest BCUT2D eigenvalue weighted by atomic mass is 19.1. The number of nitrogens with one attached hydrogen (secondary N) is 1. The van der Waals surface area contributed by atoms with Gasteiger partial charge in [0.1, 0.15) is 5.82 Å². The van der Waals surface area contributed by atoms with Gasteiger partial charge in [-0.05, 0) is 31.2 Å². The summed E-state index contributed by atoms with van der Waals surface area (Å²) in [7, 11) is 1.73. The summed E-state index contributed by atoms with van der Waals surface area (Å²) in [5, 5.41) is 2.93. The molecular weight excluding hydrogens is 257 g/mol. The van der Waals surface area contributed by atoms with E-state index in [2.05, 4.69) is 10.3 Å². The Balaban J connectivity index is 2.39. The zero-order valence-corrected chi connectivity index (χ0v) is 11.4. The van der Waals surface area contributed by atoms with Crippen LogP contribution in [0.3, 0.4) is 0 Å². The summed E-state index contributed by atoms with van der Waals surface area (Å²) in [6, 6.07) is 7.65. The number of pyridine rings is 1. The van der Waals surface area contributed by atoms with Crippen LogP contribution in [0.4, 0.5) is 15.8 Å². The van der Waals surface area contributed by atoms with E-state index < -0.39 is 0 Å². The Kier molecular flexibility index (Phi) is 4.30.